The zero-order chi connectivity index (χ0) is 19.7. The molecule has 1 aliphatic rings. The van der Waals surface area contributed by atoms with Crippen LogP contribution in [0, 0.1) is 5.41 Å². The van der Waals surface area contributed by atoms with E-state index in [0.29, 0.717) is 0 Å². The lowest BCUT2D eigenvalue weighted by molar-refractivity contribution is -0.138. The summed E-state index contributed by atoms with van der Waals surface area (Å²) < 4.78 is 30.9. The molecule has 1 aromatic carbocycles. The molecule has 0 bridgehead atoms. The fraction of sp³-hybridized carbons (Fsp3) is 0.529. The highest BCUT2D eigenvalue weighted by Gasteiger charge is 2.41. The summed E-state index contributed by atoms with van der Waals surface area (Å²) in [4.78, 5) is 25.6. The van der Waals surface area contributed by atoms with Gasteiger partial charge in [-0.15, -0.1) is 0 Å². The topological polar surface area (TPSA) is 107 Å². The predicted molar refractivity (Wildman–Crippen MR) is 99.6 cm³/mol. The van der Waals surface area contributed by atoms with Crippen LogP contribution in [0.3, 0.4) is 0 Å². The van der Waals surface area contributed by atoms with Gasteiger partial charge < -0.3 is 10.6 Å². The number of nitrogens with two attached hydrogens (primary N) is 1. The second-order valence-electron chi connectivity index (χ2n) is 7.56. The van der Waals surface area contributed by atoms with Crippen LogP contribution in [0.2, 0.25) is 0 Å². The van der Waals surface area contributed by atoms with Crippen molar-refractivity contribution >= 4 is 37.9 Å². The number of hydrogen-bond donors (Lipinski definition) is 1. The van der Waals surface area contributed by atoms with E-state index in [1.165, 1.54) is 17.0 Å². The van der Waals surface area contributed by atoms with Crippen molar-refractivity contribution in [2.45, 2.75) is 50.7 Å². The number of rotatable bonds is 5. The Morgan fingerprint density at radius 2 is 1.85 bits per heavy atom. The molecule has 2 amide bonds. The van der Waals surface area contributed by atoms with E-state index < -0.39 is 28.2 Å². The number of carbonyl (C=O) groups excluding carboxylic acids is 2. The summed E-state index contributed by atoms with van der Waals surface area (Å²) >= 11 is 3.24. The first-order valence-electron chi connectivity index (χ1n) is 8.17. The summed E-state index contributed by atoms with van der Waals surface area (Å²) in [5.41, 5.74) is 5.14. The van der Waals surface area contributed by atoms with Crippen LogP contribution in [0.25, 0.3) is 0 Å². The molecule has 0 saturated carbocycles. The van der Waals surface area contributed by atoms with Gasteiger partial charge >= 0.3 is 0 Å². The maximum absolute atomic E-state index is 12.5. The molecule has 1 heterocycles. The number of likely N-dealkylation sites (tertiary alicyclic amines) is 1. The maximum atomic E-state index is 12.5. The zero-order valence-electron chi connectivity index (χ0n) is 14.9. The van der Waals surface area contributed by atoms with E-state index in [4.69, 9.17) is 9.92 Å². The van der Waals surface area contributed by atoms with Crippen molar-refractivity contribution in [2.24, 2.45) is 11.1 Å². The molecule has 7 nitrogen and oxygen atoms in total. The first-order chi connectivity index (χ1) is 11.9. The Morgan fingerprint density at radius 3 is 2.35 bits per heavy atom. The summed E-state index contributed by atoms with van der Waals surface area (Å²) in [6, 6.07) is 5.16. The van der Waals surface area contributed by atoms with Gasteiger partial charge in [-0.1, -0.05) is 36.7 Å². The molecule has 2 atom stereocenters. The molecule has 0 spiro atoms. The summed E-state index contributed by atoms with van der Waals surface area (Å²) in [5, 5.41) is 0. The molecule has 2 N–H and O–H groups in total. The Hall–Kier alpha value is -1.45. The van der Waals surface area contributed by atoms with Gasteiger partial charge in [0.2, 0.25) is 11.8 Å². The van der Waals surface area contributed by atoms with Crippen molar-refractivity contribution in [1.82, 2.24) is 4.90 Å². The lowest BCUT2D eigenvalue weighted by Crippen LogP contribution is -2.44. The van der Waals surface area contributed by atoms with Crippen LogP contribution in [-0.4, -0.2) is 43.8 Å². The molecule has 1 aromatic rings. The van der Waals surface area contributed by atoms with E-state index in [0.717, 1.165) is 4.47 Å². The smallest absolute Gasteiger partial charge is 0.297 e. The highest BCUT2D eigenvalue weighted by atomic mass is 79.9. The highest BCUT2D eigenvalue weighted by molar-refractivity contribution is 9.10. The van der Waals surface area contributed by atoms with Gasteiger partial charge in [0.25, 0.3) is 10.1 Å². The normalized spacial score (nSPS) is 21.0. The average molecular weight is 447 g/mol. The third kappa shape index (κ3) is 5.28. The molecule has 144 valence electrons. The minimum absolute atomic E-state index is 0.00999. The fourth-order valence-corrected chi connectivity index (χ4v) is 4.15. The van der Waals surface area contributed by atoms with Crippen molar-refractivity contribution in [3.05, 3.63) is 28.7 Å². The summed E-state index contributed by atoms with van der Waals surface area (Å²) in [6.45, 7) is 5.74. The summed E-state index contributed by atoms with van der Waals surface area (Å²) in [7, 11) is -4.00. The van der Waals surface area contributed by atoms with Crippen LogP contribution in [0.4, 0.5) is 0 Å². The molecule has 1 unspecified atom stereocenters. The van der Waals surface area contributed by atoms with E-state index in [9.17, 15) is 18.0 Å². The summed E-state index contributed by atoms with van der Waals surface area (Å²) in [6.07, 6.45) is -0.533. The molecule has 26 heavy (non-hydrogen) atoms. The number of benzene rings is 1. The number of amides is 2. The lowest BCUT2D eigenvalue weighted by atomic mass is 9.91. The van der Waals surface area contributed by atoms with E-state index in [-0.39, 0.29) is 35.6 Å². The molecule has 2 rings (SSSR count). The Balaban J connectivity index is 2.15. The van der Waals surface area contributed by atoms with E-state index in [2.05, 4.69) is 15.9 Å². The molecular formula is C17H23BrN2O5S. The molecule has 0 aromatic heterocycles. The van der Waals surface area contributed by atoms with Gasteiger partial charge in [0, 0.05) is 23.9 Å². The van der Waals surface area contributed by atoms with Crippen LogP contribution in [0.1, 0.15) is 33.6 Å². The minimum atomic E-state index is -4.00. The van der Waals surface area contributed by atoms with Crippen molar-refractivity contribution in [1.29, 1.82) is 0 Å². The highest BCUT2D eigenvalue weighted by Crippen LogP contribution is 2.28. The Morgan fingerprint density at radius 1 is 1.27 bits per heavy atom. The van der Waals surface area contributed by atoms with Gasteiger partial charge in [0.1, 0.15) is 6.04 Å². The fourth-order valence-electron chi connectivity index (χ4n) is 2.80. The van der Waals surface area contributed by atoms with Crippen molar-refractivity contribution in [2.75, 3.05) is 6.54 Å². The van der Waals surface area contributed by atoms with E-state index >= 15 is 0 Å². The van der Waals surface area contributed by atoms with Crippen LogP contribution in [-0.2, 0) is 23.9 Å². The number of primary amides is 1. The molecule has 9 heteroatoms. The number of nitrogens with zero attached hydrogens (tertiary/aromatic N) is 1. The first-order valence-corrected chi connectivity index (χ1v) is 10.4. The molecule has 1 fully saturated rings. The van der Waals surface area contributed by atoms with Crippen molar-refractivity contribution in [3.63, 3.8) is 0 Å². The number of halogens is 1. The number of carbonyl (C=O) groups is 2. The average Bonchev–Trinajstić information content (AvgIpc) is 2.89. The van der Waals surface area contributed by atoms with Crippen LogP contribution >= 0.6 is 15.9 Å². The van der Waals surface area contributed by atoms with Gasteiger partial charge in [-0.2, -0.15) is 8.42 Å². The maximum Gasteiger partial charge on any atom is 0.297 e. The number of hydrogen-bond acceptors (Lipinski definition) is 5. The molecule has 1 aliphatic heterocycles. The Kier molecular flexibility index (Phi) is 6.14. The first kappa shape index (κ1) is 20.9. The second-order valence-corrected chi connectivity index (χ2v) is 10.1. The van der Waals surface area contributed by atoms with Gasteiger partial charge in [0.15, 0.2) is 0 Å². The van der Waals surface area contributed by atoms with Gasteiger partial charge in [-0.05, 0) is 29.7 Å². The zero-order valence-corrected chi connectivity index (χ0v) is 17.3. The SMILES string of the molecule is CC(C)(C)CC(=O)N1C[C@@H](OS(=O)(=O)c2ccc(Br)cc2)CC1C(N)=O. The molecule has 0 aliphatic carbocycles. The summed E-state index contributed by atoms with van der Waals surface area (Å²) in [5.74, 6) is -0.909. The van der Waals surface area contributed by atoms with Crippen molar-refractivity contribution < 1.29 is 22.2 Å². The molecule has 0 radical (unpaired) electrons. The lowest BCUT2D eigenvalue weighted by Gasteiger charge is -2.26. The van der Waals surface area contributed by atoms with E-state index in [1.54, 1.807) is 12.1 Å². The van der Waals surface area contributed by atoms with Crippen LogP contribution in [0.15, 0.2) is 33.6 Å². The quantitative estimate of drug-likeness (QED) is 0.696. The second kappa shape index (κ2) is 7.66. The third-order valence-electron chi connectivity index (χ3n) is 3.96. The van der Waals surface area contributed by atoms with Gasteiger partial charge in [-0.25, -0.2) is 0 Å². The van der Waals surface area contributed by atoms with Gasteiger partial charge in [-0.3, -0.25) is 13.8 Å². The third-order valence-corrected chi connectivity index (χ3v) is 5.86. The minimum Gasteiger partial charge on any atom is -0.368 e. The van der Waals surface area contributed by atoms with Crippen LogP contribution < -0.4 is 5.73 Å². The largest absolute Gasteiger partial charge is 0.368 e. The standard InChI is InChI=1S/C17H23BrN2O5S/c1-17(2,3)9-15(21)20-10-12(8-14(20)16(19)22)25-26(23,24)13-6-4-11(18)5-7-13/h4-7,12,14H,8-10H2,1-3H3,(H2,19,22)/t12-,14?/m0/s1. The van der Waals surface area contributed by atoms with Crippen LogP contribution in [0.5, 0.6) is 0 Å². The molecule has 1 saturated heterocycles. The predicted octanol–water partition coefficient (Wildman–Crippen LogP) is 2.05. The Bertz CT molecular complexity index is 786. The monoisotopic (exact) mass is 446 g/mol. The van der Waals surface area contributed by atoms with Gasteiger partial charge in [0.05, 0.1) is 11.0 Å². The van der Waals surface area contributed by atoms with E-state index in [1.807, 2.05) is 20.8 Å². The Labute approximate surface area is 162 Å². The van der Waals surface area contributed by atoms with Crippen molar-refractivity contribution in [3.8, 4) is 0 Å². The molecular weight excluding hydrogens is 424 g/mol.